The van der Waals surface area contributed by atoms with Crippen molar-refractivity contribution in [1.29, 1.82) is 0 Å². The lowest BCUT2D eigenvalue weighted by molar-refractivity contribution is 0.624. The fourth-order valence-corrected chi connectivity index (χ4v) is 1.96. The molecule has 68 valence electrons. The molecule has 0 aromatic heterocycles. The van der Waals surface area contributed by atoms with Gasteiger partial charge >= 0.3 is 0 Å². The maximum absolute atomic E-state index is 5.50. The van der Waals surface area contributed by atoms with E-state index >= 15 is 0 Å². The van der Waals surface area contributed by atoms with Crippen LogP contribution in [-0.4, -0.2) is 18.1 Å². The molecule has 0 saturated carbocycles. The van der Waals surface area contributed by atoms with Gasteiger partial charge in [0.25, 0.3) is 0 Å². The number of thioether (sulfide) groups is 1. The Morgan fingerprint density at radius 1 is 1.27 bits per heavy atom. The number of hydrogen-bond acceptors (Lipinski definition) is 2. The molecule has 0 amide bonds. The van der Waals surface area contributed by atoms with E-state index < -0.39 is 0 Å². The van der Waals surface area contributed by atoms with Crippen LogP contribution in [0.15, 0.2) is 0 Å². The van der Waals surface area contributed by atoms with Gasteiger partial charge in [0.2, 0.25) is 0 Å². The summed E-state index contributed by atoms with van der Waals surface area (Å²) < 4.78 is 0. The maximum atomic E-state index is 5.50. The van der Waals surface area contributed by atoms with E-state index in [-0.39, 0.29) is 0 Å². The zero-order valence-corrected chi connectivity index (χ0v) is 8.62. The molecule has 0 aliphatic carbocycles. The molecule has 0 aliphatic rings. The van der Waals surface area contributed by atoms with Crippen molar-refractivity contribution in [2.45, 2.75) is 44.3 Å². The summed E-state index contributed by atoms with van der Waals surface area (Å²) >= 11 is 1.96. The molecular formula is C9H21NS. The second kappa shape index (κ2) is 8.41. The highest BCUT2D eigenvalue weighted by Gasteiger charge is 2.03. The Kier molecular flexibility index (Phi) is 8.64. The van der Waals surface area contributed by atoms with Gasteiger partial charge < -0.3 is 5.73 Å². The van der Waals surface area contributed by atoms with Gasteiger partial charge in [0.1, 0.15) is 0 Å². The summed E-state index contributed by atoms with van der Waals surface area (Å²) in [5, 5.41) is 0.812. The summed E-state index contributed by atoms with van der Waals surface area (Å²) in [4.78, 5) is 0. The second-order valence-electron chi connectivity index (χ2n) is 2.93. The minimum Gasteiger partial charge on any atom is -0.330 e. The highest BCUT2D eigenvalue weighted by molar-refractivity contribution is 7.99. The van der Waals surface area contributed by atoms with E-state index in [4.69, 9.17) is 5.73 Å². The average molecular weight is 175 g/mol. The Bertz CT molecular complexity index is 76.0. The molecule has 0 aromatic carbocycles. The fourth-order valence-electron chi connectivity index (χ4n) is 1.19. The van der Waals surface area contributed by atoms with E-state index in [1.165, 1.54) is 32.1 Å². The molecule has 0 spiro atoms. The molecule has 0 aliphatic heterocycles. The van der Waals surface area contributed by atoms with Gasteiger partial charge in [-0.25, -0.2) is 0 Å². The Hall–Kier alpha value is 0.310. The topological polar surface area (TPSA) is 26.0 Å². The molecule has 1 unspecified atom stereocenters. The largest absolute Gasteiger partial charge is 0.330 e. The van der Waals surface area contributed by atoms with Gasteiger partial charge in [-0.15, -0.1) is 0 Å². The molecule has 1 atom stereocenters. The van der Waals surface area contributed by atoms with Crippen LogP contribution >= 0.6 is 11.8 Å². The Balaban J connectivity index is 3.20. The summed E-state index contributed by atoms with van der Waals surface area (Å²) in [6, 6.07) is 0. The normalized spacial score (nSPS) is 13.4. The molecule has 0 radical (unpaired) electrons. The molecule has 1 nitrogen and oxygen atoms in total. The lowest BCUT2D eigenvalue weighted by Gasteiger charge is -2.11. The quantitative estimate of drug-likeness (QED) is 0.602. The van der Waals surface area contributed by atoms with Crippen LogP contribution in [0.2, 0.25) is 0 Å². The molecule has 0 fully saturated rings. The van der Waals surface area contributed by atoms with Crippen LogP contribution in [0.1, 0.15) is 39.0 Å². The molecule has 0 aromatic rings. The van der Waals surface area contributed by atoms with Crippen molar-refractivity contribution in [3.8, 4) is 0 Å². The van der Waals surface area contributed by atoms with Crippen molar-refractivity contribution in [3.63, 3.8) is 0 Å². The third kappa shape index (κ3) is 6.70. The van der Waals surface area contributed by atoms with Gasteiger partial charge in [-0.05, 0) is 25.6 Å². The van der Waals surface area contributed by atoms with Crippen LogP contribution in [0.25, 0.3) is 0 Å². The summed E-state index contributed by atoms with van der Waals surface area (Å²) in [6.07, 6.45) is 8.80. The number of nitrogens with two attached hydrogens (primary N) is 1. The minimum absolute atomic E-state index is 0.812. The van der Waals surface area contributed by atoms with Crippen LogP contribution in [0.4, 0.5) is 0 Å². The molecular weight excluding hydrogens is 154 g/mol. The van der Waals surface area contributed by atoms with E-state index in [0.717, 1.165) is 11.8 Å². The van der Waals surface area contributed by atoms with Crippen molar-refractivity contribution in [2.75, 3.05) is 12.8 Å². The van der Waals surface area contributed by atoms with Crippen LogP contribution in [0.5, 0.6) is 0 Å². The molecule has 0 heterocycles. The van der Waals surface area contributed by atoms with E-state index in [2.05, 4.69) is 13.2 Å². The standard InChI is InChI=1S/C9H21NS/c1-3-4-5-6-9(11-2)7-8-10/h9H,3-8,10H2,1-2H3. The first-order valence-corrected chi connectivity index (χ1v) is 5.86. The average Bonchev–Trinajstić information content (AvgIpc) is 2.03. The Morgan fingerprint density at radius 3 is 2.45 bits per heavy atom. The van der Waals surface area contributed by atoms with E-state index in [0.29, 0.717) is 0 Å². The maximum Gasteiger partial charge on any atom is 0.00562 e. The smallest absolute Gasteiger partial charge is 0.00562 e. The first-order valence-electron chi connectivity index (χ1n) is 4.58. The summed E-state index contributed by atoms with van der Waals surface area (Å²) in [6.45, 7) is 3.09. The van der Waals surface area contributed by atoms with E-state index in [1.54, 1.807) is 0 Å². The third-order valence-electron chi connectivity index (χ3n) is 1.95. The van der Waals surface area contributed by atoms with Gasteiger partial charge in [0, 0.05) is 5.25 Å². The zero-order chi connectivity index (χ0) is 8.53. The molecule has 0 rings (SSSR count). The Morgan fingerprint density at radius 2 is 2.00 bits per heavy atom. The first kappa shape index (κ1) is 11.3. The second-order valence-corrected chi connectivity index (χ2v) is 4.07. The first-order chi connectivity index (χ1) is 5.35. The lowest BCUT2D eigenvalue weighted by atomic mass is 10.1. The summed E-state index contributed by atoms with van der Waals surface area (Å²) in [5.41, 5.74) is 5.50. The third-order valence-corrected chi connectivity index (χ3v) is 3.09. The van der Waals surface area contributed by atoms with Gasteiger partial charge in [0.15, 0.2) is 0 Å². The summed E-state index contributed by atoms with van der Waals surface area (Å²) in [5.74, 6) is 0. The predicted octanol–water partition coefficient (Wildman–Crippen LogP) is 2.65. The van der Waals surface area contributed by atoms with Gasteiger partial charge in [-0.1, -0.05) is 26.2 Å². The fraction of sp³-hybridized carbons (Fsp3) is 1.00. The van der Waals surface area contributed by atoms with Crippen molar-refractivity contribution in [2.24, 2.45) is 5.73 Å². The van der Waals surface area contributed by atoms with Crippen LogP contribution < -0.4 is 5.73 Å². The molecule has 0 bridgehead atoms. The van der Waals surface area contributed by atoms with E-state index in [9.17, 15) is 0 Å². The highest BCUT2D eigenvalue weighted by Crippen LogP contribution is 2.17. The van der Waals surface area contributed by atoms with Crippen molar-refractivity contribution in [1.82, 2.24) is 0 Å². The van der Waals surface area contributed by atoms with Crippen LogP contribution in [0, 0.1) is 0 Å². The number of hydrogen-bond donors (Lipinski definition) is 1. The lowest BCUT2D eigenvalue weighted by Crippen LogP contribution is -2.10. The van der Waals surface area contributed by atoms with Gasteiger partial charge in [0.05, 0.1) is 0 Å². The van der Waals surface area contributed by atoms with Crippen LogP contribution in [0.3, 0.4) is 0 Å². The van der Waals surface area contributed by atoms with Crippen molar-refractivity contribution in [3.05, 3.63) is 0 Å². The summed E-state index contributed by atoms with van der Waals surface area (Å²) in [7, 11) is 0. The van der Waals surface area contributed by atoms with Crippen molar-refractivity contribution < 1.29 is 0 Å². The highest BCUT2D eigenvalue weighted by atomic mass is 32.2. The molecule has 11 heavy (non-hydrogen) atoms. The zero-order valence-electron chi connectivity index (χ0n) is 7.81. The van der Waals surface area contributed by atoms with Gasteiger partial charge in [-0.2, -0.15) is 11.8 Å². The molecule has 0 saturated heterocycles. The predicted molar refractivity (Wildman–Crippen MR) is 55.1 cm³/mol. The molecule has 2 N–H and O–H groups in total. The van der Waals surface area contributed by atoms with Crippen LogP contribution in [-0.2, 0) is 0 Å². The SMILES string of the molecule is CCCCCC(CCN)SC. The number of rotatable bonds is 7. The molecule has 2 heteroatoms. The number of unbranched alkanes of at least 4 members (excludes halogenated alkanes) is 2. The van der Waals surface area contributed by atoms with Crippen molar-refractivity contribution >= 4 is 11.8 Å². The monoisotopic (exact) mass is 175 g/mol. The Labute approximate surface area is 75.1 Å². The van der Waals surface area contributed by atoms with E-state index in [1.807, 2.05) is 11.8 Å². The van der Waals surface area contributed by atoms with Gasteiger partial charge in [-0.3, -0.25) is 0 Å². The minimum atomic E-state index is 0.812.